The third-order valence-corrected chi connectivity index (χ3v) is 3.07. The summed E-state index contributed by atoms with van der Waals surface area (Å²) < 4.78 is 6.56. The van der Waals surface area contributed by atoms with Gasteiger partial charge in [0.05, 0.1) is 0 Å². The van der Waals surface area contributed by atoms with Crippen molar-refractivity contribution in [1.29, 1.82) is 0 Å². The number of aliphatic hydroxyl groups excluding tert-OH is 1. The van der Waals surface area contributed by atoms with Gasteiger partial charge in [-0.25, -0.2) is 0 Å². The molecule has 0 bridgehead atoms. The molecular weight excluding hydrogens is 230 g/mol. The highest BCUT2D eigenvalue weighted by molar-refractivity contribution is 7.16. The summed E-state index contributed by atoms with van der Waals surface area (Å²) in [6.45, 7) is 0.767. The Balaban J connectivity index is 2.29. The van der Waals surface area contributed by atoms with Crippen LogP contribution >= 0.6 is 11.3 Å². The first-order valence-electron chi connectivity index (χ1n) is 4.84. The number of rotatable bonds is 5. The van der Waals surface area contributed by atoms with Gasteiger partial charge in [-0.15, -0.1) is 10.2 Å². The fourth-order valence-corrected chi connectivity index (χ4v) is 2.19. The van der Waals surface area contributed by atoms with Crippen LogP contribution in [-0.2, 0) is 11.3 Å². The predicted octanol–water partition coefficient (Wildman–Crippen LogP) is -0.286. The Morgan fingerprint density at radius 1 is 1.56 bits per heavy atom. The highest BCUT2D eigenvalue weighted by Gasteiger charge is 2.16. The van der Waals surface area contributed by atoms with Crippen molar-refractivity contribution in [3.63, 3.8) is 0 Å². The number of nitrogens with zero attached hydrogens (tertiary/aromatic N) is 4. The average molecular weight is 243 g/mol. The molecule has 0 radical (unpaired) electrons. The standard InChI is InChI=1S/C8H13N5O2S/c1-15-4-6-10-11-8-13(6)12-7(16-8)5(14)2-3-9/h5,14H,2-4,9H2,1H3. The van der Waals surface area contributed by atoms with Gasteiger partial charge in [-0.3, -0.25) is 0 Å². The number of fused-ring (bicyclic) bond motifs is 1. The number of methoxy groups -OCH3 is 1. The summed E-state index contributed by atoms with van der Waals surface area (Å²) >= 11 is 1.31. The zero-order valence-electron chi connectivity index (χ0n) is 8.83. The van der Waals surface area contributed by atoms with Gasteiger partial charge in [-0.05, 0) is 13.0 Å². The second kappa shape index (κ2) is 4.83. The minimum absolute atomic E-state index is 0.345. The second-order valence-electron chi connectivity index (χ2n) is 3.28. The van der Waals surface area contributed by atoms with Crippen molar-refractivity contribution >= 4 is 16.3 Å². The van der Waals surface area contributed by atoms with E-state index in [1.807, 2.05) is 0 Å². The Hall–Kier alpha value is -1.09. The van der Waals surface area contributed by atoms with E-state index in [1.54, 1.807) is 11.6 Å². The molecule has 0 saturated heterocycles. The average Bonchev–Trinajstić information content (AvgIpc) is 2.81. The van der Waals surface area contributed by atoms with Crippen LogP contribution in [0.3, 0.4) is 0 Å². The molecule has 1 unspecified atom stereocenters. The molecule has 8 heteroatoms. The number of ether oxygens (including phenoxy) is 1. The Morgan fingerprint density at radius 2 is 2.38 bits per heavy atom. The smallest absolute Gasteiger partial charge is 0.234 e. The summed E-state index contributed by atoms with van der Waals surface area (Å²) in [5.41, 5.74) is 5.38. The Morgan fingerprint density at radius 3 is 3.06 bits per heavy atom. The summed E-state index contributed by atoms with van der Waals surface area (Å²) in [5.74, 6) is 0.625. The molecule has 2 rings (SSSR count). The molecule has 3 N–H and O–H groups in total. The Bertz CT molecular complexity index is 468. The monoisotopic (exact) mass is 243 g/mol. The van der Waals surface area contributed by atoms with Crippen LogP contribution in [0.4, 0.5) is 0 Å². The lowest BCUT2D eigenvalue weighted by atomic mass is 10.3. The van der Waals surface area contributed by atoms with Crippen molar-refractivity contribution < 1.29 is 9.84 Å². The van der Waals surface area contributed by atoms with Crippen molar-refractivity contribution in [2.45, 2.75) is 19.1 Å². The molecule has 0 fully saturated rings. The molecule has 2 heterocycles. The van der Waals surface area contributed by atoms with Crippen LogP contribution < -0.4 is 5.73 Å². The summed E-state index contributed by atoms with van der Waals surface area (Å²) in [4.78, 5) is 0.651. The summed E-state index contributed by atoms with van der Waals surface area (Å²) in [6, 6.07) is 0. The molecule has 0 spiro atoms. The minimum Gasteiger partial charge on any atom is -0.386 e. The molecule has 0 amide bonds. The Kier molecular flexibility index (Phi) is 3.44. The van der Waals surface area contributed by atoms with Gasteiger partial charge in [-0.1, -0.05) is 11.3 Å². The van der Waals surface area contributed by atoms with Gasteiger partial charge in [-0.2, -0.15) is 9.61 Å². The van der Waals surface area contributed by atoms with E-state index in [4.69, 9.17) is 10.5 Å². The maximum Gasteiger partial charge on any atom is 0.234 e. The fraction of sp³-hybridized carbons (Fsp3) is 0.625. The molecule has 0 aliphatic carbocycles. The van der Waals surface area contributed by atoms with Gasteiger partial charge in [0.1, 0.15) is 17.7 Å². The van der Waals surface area contributed by atoms with E-state index in [9.17, 15) is 5.11 Å². The highest BCUT2D eigenvalue weighted by Crippen LogP contribution is 2.22. The van der Waals surface area contributed by atoms with Crippen molar-refractivity contribution in [2.75, 3.05) is 13.7 Å². The van der Waals surface area contributed by atoms with Gasteiger partial charge >= 0.3 is 0 Å². The molecule has 0 saturated carbocycles. The molecule has 0 aliphatic heterocycles. The van der Waals surface area contributed by atoms with E-state index in [0.717, 1.165) is 0 Å². The van der Waals surface area contributed by atoms with Gasteiger partial charge in [0.15, 0.2) is 5.82 Å². The van der Waals surface area contributed by atoms with Crippen LogP contribution in [0.1, 0.15) is 23.4 Å². The Labute approximate surface area is 95.9 Å². The SMILES string of the molecule is COCc1nnc2sc(C(O)CCN)nn12. The lowest BCUT2D eigenvalue weighted by molar-refractivity contribution is 0.166. The first-order valence-corrected chi connectivity index (χ1v) is 5.66. The van der Waals surface area contributed by atoms with Crippen molar-refractivity contribution in [3.8, 4) is 0 Å². The highest BCUT2D eigenvalue weighted by atomic mass is 32.1. The fourth-order valence-electron chi connectivity index (χ4n) is 1.31. The van der Waals surface area contributed by atoms with Crippen molar-refractivity contribution in [2.24, 2.45) is 5.73 Å². The van der Waals surface area contributed by atoms with Crippen molar-refractivity contribution in [3.05, 3.63) is 10.8 Å². The quantitative estimate of drug-likeness (QED) is 0.749. The van der Waals surface area contributed by atoms with E-state index in [-0.39, 0.29) is 0 Å². The van der Waals surface area contributed by atoms with E-state index in [0.29, 0.717) is 35.4 Å². The first-order chi connectivity index (χ1) is 7.76. The molecule has 88 valence electrons. The number of hydrogen-bond donors (Lipinski definition) is 2. The number of aliphatic hydroxyl groups is 1. The van der Waals surface area contributed by atoms with E-state index < -0.39 is 6.10 Å². The largest absolute Gasteiger partial charge is 0.386 e. The maximum absolute atomic E-state index is 9.74. The van der Waals surface area contributed by atoms with Crippen LogP contribution in [0, 0.1) is 0 Å². The summed E-state index contributed by atoms with van der Waals surface area (Å²) in [7, 11) is 1.58. The van der Waals surface area contributed by atoms with Gasteiger partial charge in [0.25, 0.3) is 0 Å². The summed E-state index contributed by atoms with van der Waals surface area (Å²) in [5, 5.41) is 22.4. The molecule has 2 aromatic rings. The normalized spacial score (nSPS) is 13.4. The van der Waals surface area contributed by atoms with Crippen LogP contribution in [0.15, 0.2) is 0 Å². The van der Waals surface area contributed by atoms with Gasteiger partial charge < -0.3 is 15.6 Å². The van der Waals surface area contributed by atoms with Crippen LogP contribution in [-0.4, -0.2) is 38.6 Å². The molecule has 16 heavy (non-hydrogen) atoms. The molecule has 0 aliphatic rings. The number of nitrogens with two attached hydrogens (primary N) is 1. The third-order valence-electron chi connectivity index (χ3n) is 2.07. The number of aromatic nitrogens is 4. The van der Waals surface area contributed by atoms with Crippen LogP contribution in [0.5, 0.6) is 0 Å². The van der Waals surface area contributed by atoms with Crippen LogP contribution in [0.25, 0.3) is 4.96 Å². The molecule has 0 aromatic carbocycles. The lowest BCUT2D eigenvalue weighted by Gasteiger charge is -2.02. The zero-order chi connectivity index (χ0) is 11.5. The van der Waals surface area contributed by atoms with E-state index >= 15 is 0 Å². The first kappa shape index (κ1) is 11.4. The van der Waals surface area contributed by atoms with Gasteiger partial charge in [0, 0.05) is 7.11 Å². The van der Waals surface area contributed by atoms with E-state index in [1.165, 1.54) is 11.3 Å². The predicted molar refractivity (Wildman–Crippen MR) is 58.0 cm³/mol. The van der Waals surface area contributed by atoms with Crippen molar-refractivity contribution in [1.82, 2.24) is 19.8 Å². The van der Waals surface area contributed by atoms with E-state index in [2.05, 4.69) is 15.3 Å². The summed E-state index contributed by atoms with van der Waals surface area (Å²) in [6.07, 6.45) is -0.143. The lowest BCUT2D eigenvalue weighted by Crippen LogP contribution is -2.07. The third kappa shape index (κ3) is 2.05. The topological polar surface area (TPSA) is 98.6 Å². The minimum atomic E-state index is -0.632. The number of hydrogen-bond acceptors (Lipinski definition) is 7. The molecule has 2 aromatic heterocycles. The molecule has 1 atom stereocenters. The van der Waals surface area contributed by atoms with Crippen LogP contribution in [0.2, 0.25) is 0 Å². The molecule has 7 nitrogen and oxygen atoms in total. The second-order valence-corrected chi connectivity index (χ2v) is 4.26. The zero-order valence-corrected chi connectivity index (χ0v) is 9.65. The maximum atomic E-state index is 9.74. The van der Waals surface area contributed by atoms with Gasteiger partial charge in [0.2, 0.25) is 4.96 Å². The molecular formula is C8H13N5O2S.